The van der Waals surface area contributed by atoms with Gasteiger partial charge in [-0.1, -0.05) is 30.3 Å². The highest BCUT2D eigenvalue weighted by Gasteiger charge is 2.17. The van der Waals surface area contributed by atoms with Crippen molar-refractivity contribution in [3.63, 3.8) is 0 Å². The minimum atomic E-state index is -0.105. The Morgan fingerprint density at radius 2 is 1.83 bits per heavy atom. The molecule has 0 aliphatic carbocycles. The number of amides is 1. The van der Waals surface area contributed by atoms with Gasteiger partial charge in [-0.2, -0.15) is 0 Å². The average molecular weight is 312 g/mol. The molecule has 0 saturated heterocycles. The van der Waals surface area contributed by atoms with E-state index in [2.05, 4.69) is 15.3 Å². The lowest BCUT2D eigenvalue weighted by atomic mass is 10.1. The molecule has 2 rings (SSSR count). The van der Waals surface area contributed by atoms with Crippen LogP contribution in [0.4, 0.5) is 5.82 Å². The monoisotopic (exact) mass is 312 g/mol. The molecule has 2 aromatic rings. The van der Waals surface area contributed by atoms with E-state index in [1.54, 1.807) is 11.1 Å². The van der Waals surface area contributed by atoms with Gasteiger partial charge in [0, 0.05) is 18.6 Å². The molecule has 23 heavy (non-hydrogen) atoms. The first-order valence-corrected chi connectivity index (χ1v) is 7.82. The molecule has 1 heterocycles. The second-order valence-corrected chi connectivity index (χ2v) is 6.47. The number of hydrogen-bond donors (Lipinski definition) is 1. The van der Waals surface area contributed by atoms with Crippen LogP contribution in [0.1, 0.15) is 43.7 Å². The molecule has 0 unspecified atom stereocenters. The van der Waals surface area contributed by atoms with Crippen LogP contribution in [-0.2, 0) is 6.54 Å². The summed E-state index contributed by atoms with van der Waals surface area (Å²) in [5, 5.41) is 3.23. The smallest absolute Gasteiger partial charge is 0.274 e. The zero-order valence-corrected chi connectivity index (χ0v) is 14.2. The summed E-state index contributed by atoms with van der Waals surface area (Å²) < 4.78 is 0. The highest BCUT2D eigenvalue weighted by atomic mass is 16.2. The lowest BCUT2D eigenvalue weighted by Gasteiger charge is -2.22. The Labute approximate surface area is 137 Å². The average Bonchev–Trinajstić information content (AvgIpc) is 2.52. The third-order valence-electron chi connectivity index (χ3n) is 3.26. The van der Waals surface area contributed by atoms with E-state index in [1.807, 2.05) is 58.0 Å². The number of carbonyl (C=O) groups excluding carboxylic acids is 1. The molecular weight excluding hydrogens is 288 g/mol. The molecule has 0 aliphatic heterocycles. The highest BCUT2D eigenvalue weighted by molar-refractivity contribution is 5.92. The lowest BCUT2D eigenvalue weighted by molar-refractivity contribution is 0.0746. The first-order chi connectivity index (χ1) is 10.9. The third kappa shape index (κ3) is 5.06. The first-order valence-electron chi connectivity index (χ1n) is 7.82. The second kappa shape index (κ2) is 7.22. The Balaban J connectivity index is 2.08. The van der Waals surface area contributed by atoms with Crippen molar-refractivity contribution >= 4 is 11.7 Å². The summed E-state index contributed by atoms with van der Waals surface area (Å²) in [6.45, 7) is 9.30. The summed E-state index contributed by atoms with van der Waals surface area (Å²) in [5.41, 5.74) is 1.37. The fourth-order valence-electron chi connectivity index (χ4n) is 2.18. The summed E-state index contributed by atoms with van der Waals surface area (Å²) in [4.78, 5) is 22.9. The van der Waals surface area contributed by atoms with Gasteiger partial charge in [-0.15, -0.1) is 0 Å². The van der Waals surface area contributed by atoms with E-state index in [0.29, 0.717) is 24.6 Å². The molecule has 0 bridgehead atoms. The van der Waals surface area contributed by atoms with Crippen molar-refractivity contribution < 1.29 is 4.79 Å². The van der Waals surface area contributed by atoms with Crippen molar-refractivity contribution in [3.05, 3.63) is 54.0 Å². The number of nitrogens with one attached hydrogen (secondary N) is 1. The Bertz CT molecular complexity index is 632. The van der Waals surface area contributed by atoms with Crippen LogP contribution in [-0.4, -0.2) is 32.9 Å². The molecule has 0 fully saturated rings. The third-order valence-corrected chi connectivity index (χ3v) is 3.26. The van der Waals surface area contributed by atoms with Gasteiger partial charge in [-0.3, -0.25) is 4.79 Å². The fraction of sp³-hybridized carbons (Fsp3) is 0.389. The molecule has 5 heteroatoms. The predicted octanol–water partition coefficient (Wildman–Crippen LogP) is 3.35. The van der Waals surface area contributed by atoms with Gasteiger partial charge in [0.2, 0.25) is 0 Å². The van der Waals surface area contributed by atoms with Crippen molar-refractivity contribution in [1.82, 2.24) is 14.9 Å². The standard InChI is InChI=1S/C18H24N4O/c1-5-22(13-14-9-7-6-8-10-14)17(23)15-11-20-16(12-19-15)21-18(2,3)4/h6-12H,5,13H2,1-4H3,(H,20,21). The molecule has 0 saturated carbocycles. The zero-order chi connectivity index (χ0) is 16.9. The van der Waals surface area contributed by atoms with Crippen molar-refractivity contribution in [1.29, 1.82) is 0 Å². The van der Waals surface area contributed by atoms with Gasteiger partial charge in [0.15, 0.2) is 0 Å². The molecule has 122 valence electrons. The van der Waals surface area contributed by atoms with Crippen LogP contribution in [0.25, 0.3) is 0 Å². The quantitative estimate of drug-likeness (QED) is 0.920. The topological polar surface area (TPSA) is 58.1 Å². The number of nitrogens with zero attached hydrogens (tertiary/aromatic N) is 3. The SMILES string of the molecule is CCN(Cc1ccccc1)C(=O)c1cnc(NC(C)(C)C)cn1. The highest BCUT2D eigenvalue weighted by Crippen LogP contribution is 2.12. The largest absolute Gasteiger partial charge is 0.364 e. The van der Waals surface area contributed by atoms with Crippen LogP contribution in [0.15, 0.2) is 42.7 Å². The van der Waals surface area contributed by atoms with Gasteiger partial charge in [0.05, 0.1) is 12.4 Å². The Kier molecular flexibility index (Phi) is 5.32. The fourth-order valence-corrected chi connectivity index (χ4v) is 2.18. The molecule has 0 radical (unpaired) electrons. The molecule has 0 spiro atoms. The first kappa shape index (κ1) is 16.9. The van der Waals surface area contributed by atoms with Crippen molar-refractivity contribution in [3.8, 4) is 0 Å². The second-order valence-electron chi connectivity index (χ2n) is 6.47. The van der Waals surface area contributed by atoms with Crippen LogP contribution in [0.3, 0.4) is 0 Å². The Morgan fingerprint density at radius 3 is 2.35 bits per heavy atom. The lowest BCUT2D eigenvalue weighted by Crippen LogP contribution is -2.31. The minimum absolute atomic E-state index is 0.0943. The van der Waals surface area contributed by atoms with Gasteiger partial charge >= 0.3 is 0 Å². The van der Waals surface area contributed by atoms with Gasteiger partial charge in [0.1, 0.15) is 11.5 Å². The van der Waals surface area contributed by atoms with E-state index >= 15 is 0 Å². The zero-order valence-electron chi connectivity index (χ0n) is 14.2. The molecule has 1 aromatic carbocycles. The maximum absolute atomic E-state index is 12.6. The molecule has 5 nitrogen and oxygen atoms in total. The van der Waals surface area contributed by atoms with Crippen LogP contribution in [0, 0.1) is 0 Å². The van der Waals surface area contributed by atoms with Crippen LogP contribution in [0.5, 0.6) is 0 Å². The van der Waals surface area contributed by atoms with Crippen LogP contribution in [0.2, 0.25) is 0 Å². The van der Waals surface area contributed by atoms with Crippen molar-refractivity contribution in [2.75, 3.05) is 11.9 Å². The van der Waals surface area contributed by atoms with Gasteiger partial charge in [-0.05, 0) is 33.3 Å². The van der Waals surface area contributed by atoms with Crippen LogP contribution < -0.4 is 5.32 Å². The van der Waals surface area contributed by atoms with Crippen molar-refractivity contribution in [2.24, 2.45) is 0 Å². The number of benzene rings is 1. The summed E-state index contributed by atoms with van der Waals surface area (Å²) in [7, 11) is 0. The molecule has 0 aliphatic rings. The maximum Gasteiger partial charge on any atom is 0.274 e. The van der Waals surface area contributed by atoms with Crippen molar-refractivity contribution in [2.45, 2.75) is 39.8 Å². The number of hydrogen-bond acceptors (Lipinski definition) is 4. The molecule has 1 N–H and O–H groups in total. The van der Waals surface area contributed by atoms with E-state index in [1.165, 1.54) is 6.20 Å². The summed E-state index contributed by atoms with van der Waals surface area (Å²) >= 11 is 0. The Hall–Kier alpha value is -2.43. The molecule has 1 aromatic heterocycles. The van der Waals surface area contributed by atoms with E-state index in [-0.39, 0.29) is 11.4 Å². The van der Waals surface area contributed by atoms with Gasteiger partial charge < -0.3 is 10.2 Å². The molecular formula is C18H24N4O. The number of aromatic nitrogens is 2. The number of anilines is 1. The maximum atomic E-state index is 12.6. The van der Waals surface area contributed by atoms with E-state index < -0.39 is 0 Å². The number of rotatable bonds is 5. The molecule has 1 amide bonds. The van der Waals surface area contributed by atoms with E-state index in [9.17, 15) is 4.79 Å². The summed E-state index contributed by atoms with van der Waals surface area (Å²) in [5.74, 6) is 0.561. The summed E-state index contributed by atoms with van der Waals surface area (Å²) in [6.07, 6.45) is 3.14. The Morgan fingerprint density at radius 1 is 1.13 bits per heavy atom. The van der Waals surface area contributed by atoms with Crippen LogP contribution >= 0.6 is 0 Å². The molecule has 0 atom stereocenters. The van der Waals surface area contributed by atoms with Gasteiger partial charge in [0.25, 0.3) is 5.91 Å². The minimum Gasteiger partial charge on any atom is -0.364 e. The van der Waals surface area contributed by atoms with E-state index in [0.717, 1.165) is 5.56 Å². The number of carbonyl (C=O) groups is 1. The normalized spacial score (nSPS) is 11.1. The van der Waals surface area contributed by atoms with E-state index in [4.69, 9.17) is 0 Å². The summed E-state index contributed by atoms with van der Waals surface area (Å²) in [6, 6.07) is 9.94. The van der Waals surface area contributed by atoms with Gasteiger partial charge in [-0.25, -0.2) is 9.97 Å². The predicted molar refractivity (Wildman–Crippen MR) is 92.3 cm³/mol.